The van der Waals surface area contributed by atoms with Gasteiger partial charge < -0.3 is 20.9 Å². The van der Waals surface area contributed by atoms with Crippen LogP contribution in [0.3, 0.4) is 0 Å². The lowest BCUT2D eigenvalue weighted by molar-refractivity contribution is -0.119. The minimum atomic E-state index is -0.551. The molecule has 6 nitrogen and oxygen atoms in total. The molecule has 0 saturated carbocycles. The number of carbonyl (C=O) groups excluding carboxylic acids is 2. The highest BCUT2D eigenvalue weighted by molar-refractivity contribution is 5.86. The quantitative estimate of drug-likeness (QED) is 0.550. The molecule has 2 aromatic carbocycles. The van der Waals surface area contributed by atoms with Crippen molar-refractivity contribution >= 4 is 24.3 Å². The number of fused-ring (bicyclic) bond motifs is 3. The van der Waals surface area contributed by atoms with Gasteiger partial charge in [-0.15, -0.1) is 12.4 Å². The van der Waals surface area contributed by atoms with Crippen molar-refractivity contribution in [2.45, 2.75) is 38.1 Å². The largest absolute Gasteiger partial charge is 0.449 e. The van der Waals surface area contributed by atoms with Crippen LogP contribution in [-0.4, -0.2) is 43.3 Å². The van der Waals surface area contributed by atoms with E-state index in [0.717, 1.165) is 31.1 Å². The third kappa shape index (κ3) is 6.29. The van der Waals surface area contributed by atoms with Crippen LogP contribution in [0.1, 0.15) is 43.2 Å². The Morgan fingerprint density at radius 2 is 1.57 bits per heavy atom. The molecule has 3 rings (SSSR count). The van der Waals surface area contributed by atoms with Crippen LogP contribution < -0.4 is 11.1 Å². The molecule has 7 heteroatoms. The van der Waals surface area contributed by atoms with Crippen molar-refractivity contribution in [1.82, 2.24) is 5.32 Å². The first kappa shape index (κ1) is 25.6. The van der Waals surface area contributed by atoms with E-state index in [2.05, 4.69) is 29.6 Å². The van der Waals surface area contributed by atoms with Gasteiger partial charge in [-0.25, -0.2) is 4.79 Å². The highest BCUT2D eigenvalue weighted by Crippen LogP contribution is 2.44. The van der Waals surface area contributed by atoms with E-state index < -0.39 is 12.1 Å². The van der Waals surface area contributed by atoms with Gasteiger partial charge in [-0.3, -0.25) is 4.79 Å². The lowest BCUT2D eigenvalue weighted by atomic mass is 9.98. The Hall–Kier alpha value is -2.41. The average molecular weight is 435 g/mol. The number of nitrogens with one attached hydrogen (secondary N) is 1. The van der Waals surface area contributed by atoms with Gasteiger partial charge in [-0.05, 0) is 55.0 Å². The maximum absolute atomic E-state index is 12.3. The molecule has 0 unspecified atom stereocenters. The van der Waals surface area contributed by atoms with Crippen LogP contribution in [0.4, 0.5) is 4.79 Å². The molecule has 0 bridgehead atoms. The van der Waals surface area contributed by atoms with Crippen LogP contribution in [0.5, 0.6) is 0 Å². The summed E-state index contributed by atoms with van der Waals surface area (Å²) in [6.45, 7) is 2.31. The van der Waals surface area contributed by atoms with Crippen LogP contribution in [-0.2, 0) is 9.53 Å². The number of unbranched alkanes of at least 4 members (excludes halogenated alkanes) is 1. The summed E-state index contributed by atoms with van der Waals surface area (Å²) in [6, 6.07) is 15.9. The lowest BCUT2D eigenvalue weighted by Crippen LogP contribution is -2.40. The highest BCUT2D eigenvalue weighted by Gasteiger charge is 2.29. The molecule has 164 valence electrons. The number of hydrogen-bond acceptors (Lipinski definition) is 5. The molecule has 0 spiro atoms. The summed E-state index contributed by atoms with van der Waals surface area (Å²) in [5.74, 6) is -0.0586. The second kappa shape index (κ2) is 13.0. The molecule has 0 heterocycles. The molecule has 0 fully saturated rings. The Bertz CT molecular complexity index is 783. The number of Topliss-reactive ketones (excluding diaryl/α,β-unsaturated/α-hetero) is 1. The molecule has 1 amide bonds. The number of nitrogens with two attached hydrogens (primary N) is 1. The van der Waals surface area contributed by atoms with E-state index in [-0.39, 0.29) is 30.7 Å². The smallest absolute Gasteiger partial charge is 0.407 e. The van der Waals surface area contributed by atoms with E-state index in [9.17, 15) is 9.59 Å². The Balaban J connectivity index is 0.00000146. The fourth-order valence-corrected chi connectivity index (χ4v) is 3.65. The summed E-state index contributed by atoms with van der Waals surface area (Å²) in [4.78, 5) is 24.0. The Labute approximate surface area is 184 Å². The molecule has 1 aliphatic carbocycles. The van der Waals surface area contributed by atoms with Gasteiger partial charge in [-0.2, -0.15) is 0 Å². The summed E-state index contributed by atoms with van der Waals surface area (Å²) in [5, 5.41) is 9.70. The maximum Gasteiger partial charge on any atom is 0.407 e. The average Bonchev–Trinajstić information content (AvgIpc) is 3.07. The summed E-state index contributed by atoms with van der Waals surface area (Å²) in [6.07, 6.45) is 1.65. The molecule has 1 atom stereocenters. The minimum absolute atomic E-state index is 0. The predicted molar refractivity (Wildman–Crippen MR) is 121 cm³/mol. The van der Waals surface area contributed by atoms with Crippen LogP contribution in [0.2, 0.25) is 0 Å². The lowest BCUT2D eigenvalue weighted by Gasteiger charge is -2.18. The van der Waals surface area contributed by atoms with Gasteiger partial charge in [0.2, 0.25) is 0 Å². The number of aliphatic hydroxyl groups excluding tert-OH is 1. The van der Waals surface area contributed by atoms with Crippen molar-refractivity contribution in [2.24, 2.45) is 5.73 Å². The van der Waals surface area contributed by atoms with E-state index in [0.29, 0.717) is 13.0 Å². The summed E-state index contributed by atoms with van der Waals surface area (Å²) in [7, 11) is 1.00. The zero-order valence-corrected chi connectivity index (χ0v) is 18.3. The molecule has 1 aliphatic rings. The third-order valence-corrected chi connectivity index (χ3v) is 5.07. The van der Waals surface area contributed by atoms with Crippen LogP contribution in [0.15, 0.2) is 48.5 Å². The van der Waals surface area contributed by atoms with Crippen molar-refractivity contribution in [1.29, 1.82) is 0 Å². The van der Waals surface area contributed by atoms with Gasteiger partial charge in [0.1, 0.15) is 6.61 Å². The van der Waals surface area contributed by atoms with Gasteiger partial charge in [0.05, 0.1) is 6.04 Å². The monoisotopic (exact) mass is 434 g/mol. The number of ketones is 1. The number of benzene rings is 2. The van der Waals surface area contributed by atoms with Gasteiger partial charge in [0.15, 0.2) is 5.78 Å². The fraction of sp³-hybridized carbons (Fsp3) is 0.391. The fourth-order valence-electron chi connectivity index (χ4n) is 3.65. The molecule has 4 N–H and O–H groups in total. The second-order valence-corrected chi connectivity index (χ2v) is 6.92. The van der Waals surface area contributed by atoms with Gasteiger partial charge in [0.25, 0.3) is 0 Å². The topological polar surface area (TPSA) is 102 Å². The molecule has 0 radical (unpaired) electrons. The van der Waals surface area contributed by atoms with Gasteiger partial charge in [-0.1, -0.05) is 48.5 Å². The van der Waals surface area contributed by atoms with Crippen molar-refractivity contribution in [2.75, 3.05) is 20.3 Å². The number of ether oxygens (including phenoxy) is 1. The van der Waals surface area contributed by atoms with E-state index in [1.165, 1.54) is 18.1 Å². The number of aliphatic hydroxyl groups is 1. The van der Waals surface area contributed by atoms with E-state index in [4.69, 9.17) is 15.6 Å². The Morgan fingerprint density at radius 3 is 2.07 bits per heavy atom. The van der Waals surface area contributed by atoms with Crippen molar-refractivity contribution in [3.05, 3.63) is 59.7 Å². The van der Waals surface area contributed by atoms with Gasteiger partial charge in [0, 0.05) is 13.0 Å². The summed E-state index contributed by atoms with van der Waals surface area (Å²) < 4.78 is 5.50. The Morgan fingerprint density at radius 1 is 1.03 bits per heavy atom. The molecule has 0 saturated heterocycles. The molecule has 2 aromatic rings. The summed E-state index contributed by atoms with van der Waals surface area (Å²) in [5.41, 5.74) is 10.2. The summed E-state index contributed by atoms with van der Waals surface area (Å²) >= 11 is 0. The number of hydrogen-bond donors (Lipinski definition) is 3. The minimum Gasteiger partial charge on any atom is -0.449 e. The zero-order chi connectivity index (χ0) is 21.2. The van der Waals surface area contributed by atoms with Crippen molar-refractivity contribution < 1.29 is 19.4 Å². The van der Waals surface area contributed by atoms with Gasteiger partial charge >= 0.3 is 6.09 Å². The zero-order valence-electron chi connectivity index (χ0n) is 17.5. The number of rotatable bonds is 8. The third-order valence-electron chi connectivity index (χ3n) is 5.07. The first-order chi connectivity index (χ1) is 14.1. The normalized spacial score (nSPS) is 12.4. The number of halogens is 1. The predicted octanol–water partition coefficient (Wildman–Crippen LogP) is 3.64. The van der Waals surface area contributed by atoms with Crippen molar-refractivity contribution in [3.63, 3.8) is 0 Å². The molecule has 0 aromatic heterocycles. The van der Waals surface area contributed by atoms with E-state index in [1.807, 2.05) is 24.3 Å². The molecule has 30 heavy (non-hydrogen) atoms. The Kier molecular flexibility index (Phi) is 11.1. The van der Waals surface area contributed by atoms with Crippen LogP contribution in [0.25, 0.3) is 11.1 Å². The van der Waals surface area contributed by atoms with Crippen molar-refractivity contribution in [3.8, 4) is 11.1 Å². The number of amides is 1. The number of carbonyl (C=O) groups is 2. The van der Waals surface area contributed by atoms with Crippen LogP contribution in [0, 0.1) is 0 Å². The molecular weight excluding hydrogens is 404 g/mol. The van der Waals surface area contributed by atoms with Crippen LogP contribution >= 0.6 is 12.4 Å². The second-order valence-electron chi connectivity index (χ2n) is 6.92. The standard InChI is InChI=1S/C22H26N2O3.CH4O.ClH/c1-15(25)21(12-6-7-13-23)24-22(26)27-14-20-18-10-4-2-8-16(18)17-9-3-5-11-19(17)20;1-2;/h2-5,8-11,20-21H,6-7,12-14,23H2,1H3,(H,24,26);2H,1H3;1H/t21-;;/m0../s1. The molecule has 0 aliphatic heterocycles. The van der Waals surface area contributed by atoms with E-state index >= 15 is 0 Å². The first-order valence-corrected chi connectivity index (χ1v) is 9.88. The highest BCUT2D eigenvalue weighted by atomic mass is 35.5. The molecular formula is C23H31ClN2O4. The SMILES string of the molecule is CC(=O)[C@H](CCCCN)NC(=O)OCC1c2ccccc2-c2ccccc21.CO.Cl. The van der Waals surface area contributed by atoms with E-state index in [1.54, 1.807) is 0 Å². The number of alkyl carbamates (subject to hydrolysis) is 1. The maximum atomic E-state index is 12.3. The first-order valence-electron chi connectivity index (χ1n) is 9.88.